The molecule has 1 saturated carbocycles. The standard InChI is InChI=1S/C6H8Br2O/c7-4-2-1-3-5(9)6(4)8/h4,6H,1-3H2. The number of ketones is 1. The van der Waals surface area contributed by atoms with Crippen LogP contribution in [0.2, 0.25) is 0 Å². The summed E-state index contributed by atoms with van der Waals surface area (Å²) >= 11 is 6.75. The van der Waals surface area contributed by atoms with Gasteiger partial charge in [0.1, 0.15) is 5.78 Å². The molecule has 1 aliphatic rings. The second-order valence-corrected chi connectivity index (χ2v) is 4.44. The third-order valence-electron chi connectivity index (χ3n) is 1.53. The van der Waals surface area contributed by atoms with Gasteiger partial charge in [0.25, 0.3) is 0 Å². The zero-order valence-electron chi connectivity index (χ0n) is 4.94. The number of alkyl halides is 2. The monoisotopic (exact) mass is 254 g/mol. The number of carbonyl (C=O) groups excluding carboxylic acids is 1. The van der Waals surface area contributed by atoms with Crippen molar-refractivity contribution in [1.82, 2.24) is 0 Å². The molecule has 1 rings (SSSR count). The lowest BCUT2D eigenvalue weighted by Crippen LogP contribution is -2.28. The number of hydrogen-bond donors (Lipinski definition) is 0. The molecule has 0 spiro atoms. The number of halogens is 2. The van der Waals surface area contributed by atoms with Crippen molar-refractivity contribution in [3.05, 3.63) is 0 Å². The third kappa shape index (κ3) is 1.77. The molecule has 3 heteroatoms. The SMILES string of the molecule is O=C1CCCC(Br)C1Br. The van der Waals surface area contributed by atoms with Crippen LogP contribution < -0.4 is 0 Å². The normalized spacial score (nSPS) is 36.9. The van der Waals surface area contributed by atoms with Gasteiger partial charge >= 0.3 is 0 Å². The second-order valence-electron chi connectivity index (χ2n) is 2.28. The van der Waals surface area contributed by atoms with E-state index in [1.165, 1.54) is 0 Å². The zero-order chi connectivity index (χ0) is 6.85. The summed E-state index contributed by atoms with van der Waals surface area (Å²) in [6.45, 7) is 0. The fraction of sp³-hybridized carbons (Fsp3) is 0.833. The summed E-state index contributed by atoms with van der Waals surface area (Å²) < 4.78 is 0. The summed E-state index contributed by atoms with van der Waals surface area (Å²) in [7, 11) is 0. The molecule has 1 fully saturated rings. The Morgan fingerprint density at radius 2 is 2.11 bits per heavy atom. The first-order valence-electron chi connectivity index (χ1n) is 3.02. The van der Waals surface area contributed by atoms with Gasteiger partial charge in [-0.2, -0.15) is 0 Å². The molecule has 0 aromatic carbocycles. The minimum atomic E-state index is 0.0613. The Hall–Kier alpha value is 0.630. The molecule has 0 N–H and O–H groups in total. The molecule has 0 amide bonds. The first-order valence-corrected chi connectivity index (χ1v) is 4.86. The van der Waals surface area contributed by atoms with Gasteiger partial charge in [-0.3, -0.25) is 4.79 Å². The largest absolute Gasteiger partial charge is 0.298 e. The molecule has 0 radical (unpaired) electrons. The molecule has 52 valence electrons. The predicted octanol–water partition coefficient (Wildman–Crippen LogP) is 2.27. The van der Waals surface area contributed by atoms with Crippen molar-refractivity contribution >= 4 is 37.6 Å². The molecule has 0 heterocycles. The smallest absolute Gasteiger partial charge is 0.147 e. The van der Waals surface area contributed by atoms with Crippen LogP contribution in [-0.4, -0.2) is 15.4 Å². The van der Waals surface area contributed by atoms with Crippen LogP contribution in [0.25, 0.3) is 0 Å². The van der Waals surface area contributed by atoms with E-state index in [4.69, 9.17) is 0 Å². The summed E-state index contributed by atoms with van der Waals surface area (Å²) in [5, 5.41) is 0. The molecular formula is C6H8Br2O. The van der Waals surface area contributed by atoms with Crippen molar-refractivity contribution in [1.29, 1.82) is 0 Å². The van der Waals surface area contributed by atoms with Crippen molar-refractivity contribution in [3.63, 3.8) is 0 Å². The van der Waals surface area contributed by atoms with Crippen LogP contribution in [0.5, 0.6) is 0 Å². The maximum atomic E-state index is 10.9. The van der Waals surface area contributed by atoms with Gasteiger partial charge in [0.15, 0.2) is 0 Å². The van der Waals surface area contributed by atoms with Crippen molar-refractivity contribution in [2.75, 3.05) is 0 Å². The highest BCUT2D eigenvalue weighted by molar-refractivity contribution is 9.12. The van der Waals surface area contributed by atoms with Crippen LogP contribution in [0, 0.1) is 0 Å². The van der Waals surface area contributed by atoms with E-state index < -0.39 is 0 Å². The molecule has 1 nitrogen and oxygen atoms in total. The molecular weight excluding hydrogens is 248 g/mol. The molecule has 0 aromatic rings. The predicted molar refractivity (Wildman–Crippen MR) is 44.3 cm³/mol. The number of rotatable bonds is 0. The minimum absolute atomic E-state index is 0.0613. The maximum Gasteiger partial charge on any atom is 0.147 e. The molecule has 0 aliphatic heterocycles. The molecule has 0 aromatic heterocycles. The summed E-state index contributed by atoms with van der Waals surface area (Å²) in [5.74, 6) is 0.336. The highest BCUT2D eigenvalue weighted by Crippen LogP contribution is 2.26. The van der Waals surface area contributed by atoms with Crippen LogP contribution >= 0.6 is 31.9 Å². The molecule has 1 aliphatic carbocycles. The maximum absolute atomic E-state index is 10.9. The molecule has 0 bridgehead atoms. The van der Waals surface area contributed by atoms with Crippen molar-refractivity contribution in [2.45, 2.75) is 28.9 Å². The lowest BCUT2D eigenvalue weighted by Gasteiger charge is -2.20. The quantitative estimate of drug-likeness (QED) is 0.607. The Labute approximate surface area is 71.5 Å². The van der Waals surface area contributed by atoms with Crippen LogP contribution in [0.1, 0.15) is 19.3 Å². The van der Waals surface area contributed by atoms with Gasteiger partial charge in [0.05, 0.1) is 4.83 Å². The Bertz CT molecular complexity index is 124. The van der Waals surface area contributed by atoms with E-state index in [0.717, 1.165) is 19.3 Å². The van der Waals surface area contributed by atoms with Crippen LogP contribution in [-0.2, 0) is 4.79 Å². The van der Waals surface area contributed by atoms with Gasteiger partial charge in [-0.25, -0.2) is 0 Å². The average Bonchev–Trinajstić information content (AvgIpc) is 1.83. The van der Waals surface area contributed by atoms with Crippen molar-refractivity contribution in [3.8, 4) is 0 Å². The van der Waals surface area contributed by atoms with Crippen LogP contribution in [0.4, 0.5) is 0 Å². The first-order chi connectivity index (χ1) is 4.22. The highest BCUT2D eigenvalue weighted by atomic mass is 79.9. The van der Waals surface area contributed by atoms with Gasteiger partial charge in [0, 0.05) is 11.2 Å². The Balaban J connectivity index is 2.51. The molecule has 0 saturated heterocycles. The number of hydrogen-bond acceptors (Lipinski definition) is 1. The highest BCUT2D eigenvalue weighted by Gasteiger charge is 2.26. The second kappa shape index (κ2) is 3.15. The number of Topliss-reactive ketones (excluding diaryl/α,β-unsaturated/α-hetero) is 1. The molecule has 9 heavy (non-hydrogen) atoms. The molecule has 2 atom stereocenters. The third-order valence-corrected chi connectivity index (χ3v) is 4.37. The van der Waals surface area contributed by atoms with Crippen LogP contribution in [0.3, 0.4) is 0 Å². The van der Waals surface area contributed by atoms with Gasteiger partial charge in [0.2, 0.25) is 0 Å². The van der Waals surface area contributed by atoms with Gasteiger partial charge < -0.3 is 0 Å². The Morgan fingerprint density at radius 1 is 1.44 bits per heavy atom. The van der Waals surface area contributed by atoms with E-state index in [-0.39, 0.29) is 4.83 Å². The van der Waals surface area contributed by atoms with E-state index >= 15 is 0 Å². The van der Waals surface area contributed by atoms with E-state index in [0.29, 0.717) is 10.6 Å². The van der Waals surface area contributed by atoms with Crippen LogP contribution in [0.15, 0.2) is 0 Å². The van der Waals surface area contributed by atoms with Crippen molar-refractivity contribution in [2.24, 2.45) is 0 Å². The Kier molecular flexibility index (Phi) is 2.71. The fourth-order valence-corrected chi connectivity index (χ4v) is 2.07. The summed E-state index contributed by atoms with van der Waals surface area (Å²) in [4.78, 5) is 11.3. The van der Waals surface area contributed by atoms with Gasteiger partial charge in [-0.05, 0) is 12.8 Å². The summed E-state index contributed by atoms with van der Waals surface area (Å²) in [5.41, 5.74) is 0. The lowest BCUT2D eigenvalue weighted by atomic mass is 9.99. The van der Waals surface area contributed by atoms with Gasteiger partial charge in [-0.15, -0.1) is 0 Å². The van der Waals surface area contributed by atoms with E-state index in [2.05, 4.69) is 31.9 Å². The zero-order valence-corrected chi connectivity index (χ0v) is 8.11. The van der Waals surface area contributed by atoms with Crippen molar-refractivity contribution < 1.29 is 4.79 Å². The van der Waals surface area contributed by atoms with Gasteiger partial charge in [-0.1, -0.05) is 31.9 Å². The van der Waals surface area contributed by atoms with E-state index in [1.54, 1.807) is 0 Å². The average molecular weight is 256 g/mol. The first kappa shape index (κ1) is 7.73. The lowest BCUT2D eigenvalue weighted by molar-refractivity contribution is -0.119. The number of carbonyl (C=O) groups is 1. The summed E-state index contributed by atoms with van der Waals surface area (Å²) in [6.07, 6.45) is 2.90. The Morgan fingerprint density at radius 3 is 2.56 bits per heavy atom. The minimum Gasteiger partial charge on any atom is -0.298 e. The summed E-state index contributed by atoms with van der Waals surface area (Å²) in [6, 6.07) is 0. The topological polar surface area (TPSA) is 17.1 Å². The van der Waals surface area contributed by atoms with E-state index in [9.17, 15) is 4.79 Å². The van der Waals surface area contributed by atoms with E-state index in [1.807, 2.05) is 0 Å². The molecule has 2 unspecified atom stereocenters. The fourth-order valence-electron chi connectivity index (χ4n) is 0.957.